The zero-order chi connectivity index (χ0) is 24.8. The van der Waals surface area contributed by atoms with Crippen LogP contribution in [0.2, 0.25) is 0 Å². The van der Waals surface area contributed by atoms with Crippen LogP contribution in [0.15, 0.2) is 77.7 Å². The molecule has 3 aromatic rings. The number of amides is 1. The Morgan fingerprint density at radius 1 is 1.00 bits per heavy atom. The first-order valence-electron chi connectivity index (χ1n) is 11.3. The van der Waals surface area contributed by atoms with Gasteiger partial charge in [-0.3, -0.25) is 9.10 Å². The minimum absolute atomic E-state index is 0.0593. The number of fused-ring (bicyclic) bond motifs is 1. The van der Waals surface area contributed by atoms with E-state index in [-0.39, 0.29) is 16.6 Å². The number of halogens is 1. The van der Waals surface area contributed by atoms with Gasteiger partial charge in [0.05, 0.1) is 10.6 Å². The van der Waals surface area contributed by atoms with E-state index in [2.05, 4.69) is 5.32 Å². The van der Waals surface area contributed by atoms with E-state index in [4.69, 9.17) is 9.47 Å². The lowest BCUT2D eigenvalue weighted by atomic mass is 10.1. The van der Waals surface area contributed by atoms with Crippen LogP contribution in [0, 0.1) is 5.82 Å². The van der Waals surface area contributed by atoms with E-state index in [1.54, 1.807) is 0 Å². The number of sulfonamides is 1. The molecule has 1 atom stereocenters. The summed E-state index contributed by atoms with van der Waals surface area (Å²) in [5, 5.41) is 2.87. The molecule has 9 heteroatoms. The molecule has 0 saturated carbocycles. The van der Waals surface area contributed by atoms with Gasteiger partial charge >= 0.3 is 0 Å². The van der Waals surface area contributed by atoms with Crippen molar-refractivity contribution in [2.24, 2.45) is 0 Å². The van der Waals surface area contributed by atoms with Crippen LogP contribution in [0.5, 0.6) is 11.5 Å². The molecule has 1 N–H and O–H groups in total. The number of aryl methyl sites for hydroxylation is 1. The number of rotatable bonds is 9. The molecule has 0 spiro atoms. The normalized spacial score (nSPS) is 13.7. The molecule has 4 rings (SSSR count). The third-order valence-corrected chi connectivity index (χ3v) is 7.39. The molecule has 0 unspecified atom stereocenters. The number of anilines is 1. The first-order valence-corrected chi connectivity index (χ1v) is 12.8. The van der Waals surface area contributed by atoms with Crippen molar-refractivity contribution < 1.29 is 27.1 Å². The zero-order valence-corrected chi connectivity index (χ0v) is 20.1. The molecule has 0 aliphatic carbocycles. The number of nitrogens with one attached hydrogen (secondary N) is 1. The largest absolute Gasteiger partial charge is 0.486 e. The highest BCUT2D eigenvalue weighted by Crippen LogP contribution is 2.34. The number of carbonyl (C=O) groups excluding carboxylic acids is 1. The number of nitrogens with zero attached hydrogens (tertiary/aromatic N) is 1. The lowest BCUT2D eigenvalue weighted by Crippen LogP contribution is -2.43. The highest BCUT2D eigenvalue weighted by molar-refractivity contribution is 7.92. The van der Waals surface area contributed by atoms with Crippen LogP contribution in [-0.2, 0) is 21.2 Å². The predicted octanol–water partition coefficient (Wildman–Crippen LogP) is 3.93. The second-order valence-electron chi connectivity index (χ2n) is 8.29. The van der Waals surface area contributed by atoms with Crippen LogP contribution in [-0.4, -0.2) is 40.1 Å². The topological polar surface area (TPSA) is 84.9 Å². The number of hydrogen-bond acceptors (Lipinski definition) is 5. The average Bonchev–Trinajstić information content (AvgIpc) is 2.87. The molecular formula is C26H27FN2O5S. The minimum atomic E-state index is -4.17. The third kappa shape index (κ3) is 6.10. The van der Waals surface area contributed by atoms with Crippen molar-refractivity contribution in [1.82, 2.24) is 5.32 Å². The third-order valence-electron chi connectivity index (χ3n) is 5.62. The van der Waals surface area contributed by atoms with Gasteiger partial charge in [-0.05, 0) is 61.7 Å². The molecule has 35 heavy (non-hydrogen) atoms. The Morgan fingerprint density at radius 2 is 1.69 bits per heavy atom. The summed E-state index contributed by atoms with van der Waals surface area (Å²) in [5.74, 6) is -0.204. The molecular weight excluding hydrogens is 471 g/mol. The smallest absolute Gasteiger partial charge is 0.264 e. The first kappa shape index (κ1) is 24.5. The number of carbonyl (C=O) groups is 1. The molecule has 3 aromatic carbocycles. The summed E-state index contributed by atoms with van der Waals surface area (Å²) in [7, 11) is -4.17. The van der Waals surface area contributed by atoms with Gasteiger partial charge in [-0.1, -0.05) is 30.3 Å². The standard InChI is InChI=1S/C26H27FN2O5S/c1-19(7-8-20-5-3-2-4-6-20)28-26(30)18-29(22-11-9-21(27)10-12-22)35(31,32)23-13-14-24-25(17-23)34-16-15-33-24/h2-6,9-14,17,19H,7-8,15-16,18H2,1H3,(H,28,30)/t19-/m0/s1. The van der Waals surface area contributed by atoms with Crippen molar-refractivity contribution in [2.75, 3.05) is 24.1 Å². The predicted molar refractivity (Wildman–Crippen MR) is 131 cm³/mol. The van der Waals surface area contributed by atoms with Gasteiger partial charge in [0, 0.05) is 12.1 Å². The maximum Gasteiger partial charge on any atom is 0.264 e. The highest BCUT2D eigenvalue weighted by atomic mass is 32.2. The first-order chi connectivity index (χ1) is 16.8. The molecule has 1 aliphatic heterocycles. The van der Waals surface area contributed by atoms with Gasteiger partial charge in [0.2, 0.25) is 5.91 Å². The molecule has 0 saturated heterocycles. The lowest BCUT2D eigenvalue weighted by Gasteiger charge is -2.26. The van der Waals surface area contributed by atoms with Gasteiger partial charge in [-0.15, -0.1) is 0 Å². The zero-order valence-electron chi connectivity index (χ0n) is 19.3. The Morgan fingerprint density at radius 3 is 2.40 bits per heavy atom. The van der Waals surface area contributed by atoms with Crippen molar-refractivity contribution in [1.29, 1.82) is 0 Å². The minimum Gasteiger partial charge on any atom is -0.486 e. The molecule has 1 heterocycles. The van der Waals surface area contributed by atoms with Gasteiger partial charge in [0.25, 0.3) is 10.0 Å². The molecule has 0 aromatic heterocycles. The van der Waals surface area contributed by atoms with Gasteiger partial charge in [-0.25, -0.2) is 12.8 Å². The lowest BCUT2D eigenvalue weighted by molar-refractivity contribution is -0.120. The van der Waals surface area contributed by atoms with E-state index < -0.39 is 28.3 Å². The van der Waals surface area contributed by atoms with E-state index in [0.29, 0.717) is 31.1 Å². The van der Waals surface area contributed by atoms with Crippen LogP contribution in [0.3, 0.4) is 0 Å². The SMILES string of the molecule is C[C@@H](CCc1ccccc1)NC(=O)CN(c1ccc(F)cc1)S(=O)(=O)c1ccc2c(c1)OCCO2. The summed E-state index contributed by atoms with van der Waals surface area (Å²) in [6, 6.07) is 19.0. The fraction of sp³-hybridized carbons (Fsp3) is 0.269. The molecule has 1 aliphatic rings. The maximum absolute atomic E-state index is 13.6. The van der Waals surface area contributed by atoms with Crippen LogP contribution >= 0.6 is 0 Å². The Bertz CT molecular complexity index is 1270. The fourth-order valence-electron chi connectivity index (χ4n) is 3.78. The molecule has 7 nitrogen and oxygen atoms in total. The van der Waals surface area contributed by atoms with E-state index >= 15 is 0 Å². The summed E-state index contributed by atoms with van der Waals surface area (Å²) in [6.07, 6.45) is 1.47. The second kappa shape index (κ2) is 10.8. The number of hydrogen-bond donors (Lipinski definition) is 1. The summed E-state index contributed by atoms with van der Waals surface area (Å²) in [6.45, 7) is 2.10. The maximum atomic E-state index is 13.6. The monoisotopic (exact) mass is 498 g/mol. The van der Waals surface area contributed by atoms with Crippen LogP contribution in [0.4, 0.5) is 10.1 Å². The summed E-state index contributed by atoms with van der Waals surface area (Å²) in [4.78, 5) is 12.8. The van der Waals surface area contributed by atoms with Crippen molar-refractivity contribution in [2.45, 2.75) is 30.7 Å². The molecule has 0 bridgehead atoms. The van der Waals surface area contributed by atoms with Gasteiger partial charge in [-0.2, -0.15) is 0 Å². The van der Waals surface area contributed by atoms with Crippen LogP contribution in [0.1, 0.15) is 18.9 Å². The Labute approximate surface area is 204 Å². The summed E-state index contributed by atoms with van der Waals surface area (Å²) >= 11 is 0. The highest BCUT2D eigenvalue weighted by Gasteiger charge is 2.29. The Hall–Kier alpha value is -3.59. The Balaban J connectivity index is 1.52. The molecule has 184 valence electrons. The van der Waals surface area contributed by atoms with Crippen LogP contribution in [0.25, 0.3) is 0 Å². The quantitative estimate of drug-likeness (QED) is 0.483. The Kier molecular flexibility index (Phi) is 7.55. The second-order valence-corrected chi connectivity index (χ2v) is 10.1. The number of benzene rings is 3. The molecule has 1 amide bonds. The van der Waals surface area contributed by atoms with E-state index in [1.807, 2.05) is 37.3 Å². The van der Waals surface area contributed by atoms with Gasteiger partial charge in [0.1, 0.15) is 25.6 Å². The van der Waals surface area contributed by atoms with Gasteiger partial charge in [0.15, 0.2) is 11.5 Å². The summed E-state index contributed by atoms with van der Waals surface area (Å²) in [5.41, 5.74) is 1.33. The van der Waals surface area contributed by atoms with Crippen molar-refractivity contribution in [3.8, 4) is 11.5 Å². The van der Waals surface area contributed by atoms with Crippen molar-refractivity contribution in [3.05, 3.63) is 84.2 Å². The van der Waals surface area contributed by atoms with Crippen LogP contribution < -0.4 is 19.1 Å². The summed E-state index contributed by atoms with van der Waals surface area (Å²) < 4.78 is 52.7. The number of ether oxygens (including phenoxy) is 2. The average molecular weight is 499 g/mol. The fourth-order valence-corrected chi connectivity index (χ4v) is 5.22. The van der Waals surface area contributed by atoms with E-state index in [1.165, 1.54) is 30.3 Å². The van der Waals surface area contributed by atoms with E-state index in [9.17, 15) is 17.6 Å². The molecule has 0 fully saturated rings. The molecule has 0 radical (unpaired) electrons. The van der Waals surface area contributed by atoms with Crippen molar-refractivity contribution in [3.63, 3.8) is 0 Å². The van der Waals surface area contributed by atoms with E-state index in [0.717, 1.165) is 28.4 Å². The van der Waals surface area contributed by atoms with Crippen molar-refractivity contribution >= 4 is 21.6 Å². The van der Waals surface area contributed by atoms with Gasteiger partial charge < -0.3 is 14.8 Å².